The van der Waals surface area contributed by atoms with Crippen LogP contribution in [0.25, 0.3) is 0 Å². The van der Waals surface area contributed by atoms with Gasteiger partial charge in [0, 0.05) is 18.4 Å². The van der Waals surface area contributed by atoms with E-state index in [1.807, 2.05) is 6.07 Å². The lowest BCUT2D eigenvalue weighted by Gasteiger charge is -2.39. The van der Waals surface area contributed by atoms with Crippen LogP contribution in [0.5, 0.6) is 0 Å². The van der Waals surface area contributed by atoms with Crippen LogP contribution in [0.1, 0.15) is 36.7 Å². The van der Waals surface area contributed by atoms with Gasteiger partial charge in [-0.3, -0.25) is 0 Å². The summed E-state index contributed by atoms with van der Waals surface area (Å²) in [6.07, 6.45) is 6.48. The Morgan fingerprint density at radius 3 is 2.90 bits per heavy atom. The Balaban J connectivity index is 1.98. The van der Waals surface area contributed by atoms with Gasteiger partial charge in [0.05, 0.1) is 6.26 Å². The Morgan fingerprint density at radius 2 is 2.10 bits per heavy atom. The monoisotopic (exact) mass is 269 g/mol. The summed E-state index contributed by atoms with van der Waals surface area (Å²) in [5.74, 6) is 1.10. The molecule has 0 aliphatic heterocycles. The molecule has 0 spiro atoms. The zero-order valence-corrected chi connectivity index (χ0v) is 12.2. The van der Waals surface area contributed by atoms with Crippen LogP contribution in [0, 0.1) is 0 Å². The van der Waals surface area contributed by atoms with Crippen LogP contribution in [-0.4, -0.2) is 13.1 Å². The molecule has 1 aromatic heterocycles. The minimum absolute atomic E-state index is 0.183. The summed E-state index contributed by atoms with van der Waals surface area (Å²) < 4.78 is 5.63. The molecular formula is C18H23NO. The maximum Gasteiger partial charge on any atom is 0.104 e. The number of rotatable bonds is 5. The second-order valence-electron chi connectivity index (χ2n) is 5.83. The van der Waals surface area contributed by atoms with E-state index >= 15 is 0 Å². The topological polar surface area (TPSA) is 25.2 Å². The summed E-state index contributed by atoms with van der Waals surface area (Å²) in [6.45, 7) is 4.22. The van der Waals surface area contributed by atoms with Crippen LogP contribution in [0.3, 0.4) is 0 Å². The molecule has 3 rings (SSSR count). The molecule has 1 atom stereocenters. The van der Waals surface area contributed by atoms with Gasteiger partial charge in [0.2, 0.25) is 0 Å². The maximum absolute atomic E-state index is 5.63. The number of nitrogens with one attached hydrogen (secondary N) is 1. The molecule has 1 aliphatic rings. The molecule has 0 bridgehead atoms. The second-order valence-corrected chi connectivity index (χ2v) is 5.83. The third kappa shape index (κ3) is 2.53. The Bertz CT molecular complexity index is 546. The minimum atomic E-state index is 0.183. The van der Waals surface area contributed by atoms with E-state index in [4.69, 9.17) is 4.42 Å². The Hall–Kier alpha value is -1.54. The lowest BCUT2D eigenvalue weighted by Crippen LogP contribution is -2.42. The molecule has 0 saturated heterocycles. The van der Waals surface area contributed by atoms with Gasteiger partial charge in [0.25, 0.3) is 0 Å². The van der Waals surface area contributed by atoms with E-state index in [1.54, 1.807) is 6.26 Å². The van der Waals surface area contributed by atoms with Crippen molar-refractivity contribution < 1.29 is 4.42 Å². The van der Waals surface area contributed by atoms with Gasteiger partial charge >= 0.3 is 0 Å². The first-order valence-corrected chi connectivity index (χ1v) is 7.65. The van der Waals surface area contributed by atoms with Crippen molar-refractivity contribution in [3.63, 3.8) is 0 Å². The molecule has 2 heteroatoms. The first-order chi connectivity index (χ1) is 9.84. The molecule has 0 fully saturated rings. The summed E-state index contributed by atoms with van der Waals surface area (Å²) >= 11 is 0. The smallest absolute Gasteiger partial charge is 0.104 e. The molecule has 0 radical (unpaired) electrons. The number of likely N-dealkylation sites (N-methyl/N-ethyl adjacent to an activating group) is 1. The second kappa shape index (κ2) is 5.84. The SMILES string of the molecule is CCNCC1(Cc2ccco2)CCCc2ccccc21. The minimum Gasteiger partial charge on any atom is -0.469 e. The van der Waals surface area contributed by atoms with Gasteiger partial charge in [-0.1, -0.05) is 31.2 Å². The van der Waals surface area contributed by atoms with Crippen LogP contribution in [0.4, 0.5) is 0 Å². The third-order valence-electron chi connectivity index (χ3n) is 4.50. The van der Waals surface area contributed by atoms with Crippen molar-refractivity contribution in [2.24, 2.45) is 0 Å². The standard InChI is InChI=1S/C18H23NO/c1-2-19-14-18(13-16-9-6-12-20-16)11-5-8-15-7-3-4-10-17(15)18/h3-4,6-7,9-10,12,19H,2,5,8,11,13-14H2,1H3. The average Bonchev–Trinajstić information content (AvgIpc) is 2.98. The van der Waals surface area contributed by atoms with E-state index in [0.717, 1.165) is 25.3 Å². The van der Waals surface area contributed by atoms with E-state index < -0.39 is 0 Å². The van der Waals surface area contributed by atoms with Gasteiger partial charge in [0.15, 0.2) is 0 Å². The molecule has 0 amide bonds. The van der Waals surface area contributed by atoms with Crippen molar-refractivity contribution in [1.29, 1.82) is 0 Å². The first-order valence-electron chi connectivity index (χ1n) is 7.65. The Morgan fingerprint density at radius 1 is 1.20 bits per heavy atom. The number of hydrogen-bond donors (Lipinski definition) is 1. The fourth-order valence-corrected chi connectivity index (χ4v) is 3.55. The van der Waals surface area contributed by atoms with Crippen LogP contribution in [-0.2, 0) is 18.3 Å². The lowest BCUT2D eigenvalue weighted by atomic mass is 9.67. The first kappa shape index (κ1) is 13.4. The van der Waals surface area contributed by atoms with E-state index in [9.17, 15) is 0 Å². The van der Waals surface area contributed by atoms with Crippen LogP contribution < -0.4 is 5.32 Å². The highest BCUT2D eigenvalue weighted by Crippen LogP contribution is 2.39. The fraction of sp³-hybridized carbons (Fsp3) is 0.444. The van der Waals surface area contributed by atoms with Gasteiger partial charge in [-0.15, -0.1) is 0 Å². The van der Waals surface area contributed by atoms with E-state index in [-0.39, 0.29) is 5.41 Å². The van der Waals surface area contributed by atoms with E-state index in [0.29, 0.717) is 0 Å². The Kier molecular flexibility index (Phi) is 3.93. The predicted octanol–water partition coefficient (Wildman–Crippen LogP) is 3.71. The van der Waals surface area contributed by atoms with Gasteiger partial charge in [0.1, 0.15) is 5.76 Å². The molecule has 2 nitrogen and oxygen atoms in total. The van der Waals surface area contributed by atoms with Crippen molar-refractivity contribution in [3.8, 4) is 0 Å². The summed E-state index contributed by atoms with van der Waals surface area (Å²) in [6, 6.07) is 13.0. The van der Waals surface area contributed by atoms with Crippen LogP contribution in [0.2, 0.25) is 0 Å². The summed E-state index contributed by atoms with van der Waals surface area (Å²) in [7, 11) is 0. The van der Waals surface area contributed by atoms with Gasteiger partial charge < -0.3 is 9.73 Å². The van der Waals surface area contributed by atoms with Crippen molar-refractivity contribution in [1.82, 2.24) is 5.32 Å². The molecular weight excluding hydrogens is 246 g/mol. The highest BCUT2D eigenvalue weighted by molar-refractivity contribution is 5.38. The average molecular weight is 269 g/mol. The van der Waals surface area contributed by atoms with Crippen molar-refractivity contribution >= 4 is 0 Å². The normalized spacial score (nSPS) is 21.6. The Labute approximate surface area is 121 Å². The molecule has 2 aromatic rings. The number of hydrogen-bond acceptors (Lipinski definition) is 2. The third-order valence-corrected chi connectivity index (χ3v) is 4.50. The number of furan rings is 1. The predicted molar refractivity (Wildman–Crippen MR) is 82.0 cm³/mol. The highest BCUT2D eigenvalue weighted by Gasteiger charge is 2.36. The summed E-state index contributed by atoms with van der Waals surface area (Å²) in [4.78, 5) is 0. The van der Waals surface area contributed by atoms with E-state index in [1.165, 1.54) is 30.4 Å². The fourth-order valence-electron chi connectivity index (χ4n) is 3.55. The summed E-state index contributed by atoms with van der Waals surface area (Å²) in [5, 5.41) is 3.57. The van der Waals surface area contributed by atoms with Gasteiger partial charge in [-0.05, 0) is 49.1 Å². The van der Waals surface area contributed by atoms with Crippen molar-refractivity contribution in [2.45, 2.75) is 38.0 Å². The number of fused-ring (bicyclic) bond motifs is 1. The quantitative estimate of drug-likeness (QED) is 0.895. The molecule has 0 saturated carbocycles. The lowest BCUT2D eigenvalue weighted by molar-refractivity contribution is 0.315. The molecule has 1 aliphatic carbocycles. The number of aryl methyl sites for hydroxylation is 1. The van der Waals surface area contributed by atoms with Gasteiger partial charge in [-0.2, -0.15) is 0 Å². The molecule has 1 N–H and O–H groups in total. The van der Waals surface area contributed by atoms with E-state index in [2.05, 4.69) is 42.6 Å². The zero-order valence-electron chi connectivity index (χ0n) is 12.2. The molecule has 20 heavy (non-hydrogen) atoms. The van der Waals surface area contributed by atoms with Gasteiger partial charge in [-0.25, -0.2) is 0 Å². The highest BCUT2D eigenvalue weighted by atomic mass is 16.3. The van der Waals surface area contributed by atoms with Crippen molar-refractivity contribution in [2.75, 3.05) is 13.1 Å². The summed E-state index contributed by atoms with van der Waals surface area (Å²) in [5.41, 5.74) is 3.22. The largest absolute Gasteiger partial charge is 0.469 e. The van der Waals surface area contributed by atoms with Crippen molar-refractivity contribution in [3.05, 3.63) is 59.5 Å². The van der Waals surface area contributed by atoms with Crippen LogP contribution >= 0.6 is 0 Å². The zero-order chi connectivity index (χ0) is 13.8. The molecule has 106 valence electrons. The maximum atomic E-state index is 5.63. The molecule has 1 heterocycles. The molecule has 1 aromatic carbocycles. The number of benzene rings is 1. The molecule has 1 unspecified atom stereocenters. The van der Waals surface area contributed by atoms with Crippen LogP contribution in [0.15, 0.2) is 47.1 Å².